The molecule has 1 heterocycles. The number of fused-ring (bicyclic) bond motifs is 3. The Kier molecular flexibility index (Phi) is 2.66. The SMILES string of the molecule is CCOC(=O)C1=Cc2c(ccc3c2OCC3(C)C)C1. The Morgan fingerprint density at radius 2 is 2.21 bits per heavy atom. The van der Waals surface area contributed by atoms with E-state index in [2.05, 4.69) is 26.0 Å². The second-order valence-electron chi connectivity index (χ2n) is 5.75. The van der Waals surface area contributed by atoms with E-state index in [9.17, 15) is 4.79 Å². The number of hydrogen-bond acceptors (Lipinski definition) is 3. The van der Waals surface area contributed by atoms with Crippen LogP contribution in [0.2, 0.25) is 0 Å². The summed E-state index contributed by atoms with van der Waals surface area (Å²) in [6.07, 6.45) is 2.57. The highest BCUT2D eigenvalue weighted by Crippen LogP contribution is 2.45. The van der Waals surface area contributed by atoms with Crippen molar-refractivity contribution in [3.63, 3.8) is 0 Å². The fraction of sp³-hybridized carbons (Fsp3) is 0.438. The molecule has 0 unspecified atom stereocenters. The smallest absolute Gasteiger partial charge is 0.334 e. The minimum atomic E-state index is -0.218. The molecule has 0 saturated heterocycles. The lowest BCUT2D eigenvalue weighted by molar-refractivity contribution is -0.138. The molecular weight excluding hydrogens is 240 g/mol. The molecule has 0 fully saturated rings. The van der Waals surface area contributed by atoms with Gasteiger partial charge in [-0.15, -0.1) is 0 Å². The topological polar surface area (TPSA) is 35.5 Å². The molecule has 3 nitrogen and oxygen atoms in total. The first-order valence-electron chi connectivity index (χ1n) is 6.70. The zero-order chi connectivity index (χ0) is 13.6. The van der Waals surface area contributed by atoms with Crippen LogP contribution in [0.1, 0.15) is 37.5 Å². The summed E-state index contributed by atoms with van der Waals surface area (Å²) in [5.74, 6) is 0.728. The van der Waals surface area contributed by atoms with Gasteiger partial charge in [0.15, 0.2) is 0 Å². The Labute approximate surface area is 113 Å². The fourth-order valence-electron chi connectivity index (χ4n) is 2.76. The molecule has 0 aromatic heterocycles. The first-order chi connectivity index (χ1) is 9.03. The molecule has 1 aromatic rings. The van der Waals surface area contributed by atoms with Gasteiger partial charge in [-0.25, -0.2) is 4.79 Å². The summed E-state index contributed by atoms with van der Waals surface area (Å²) in [7, 11) is 0. The monoisotopic (exact) mass is 258 g/mol. The van der Waals surface area contributed by atoms with Gasteiger partial charge in [0.2, 0.25) is 0 Å². The molecule has 2 aliphatic rings. The van der Waals surface area contributed by atoms with Gasteiger partial charge in [0.25, 0.3) is 0 Å². The van der Waals surface area contributed by atoms with Gasteiger partial charge in [-0.2, -0.15) is 0 Å². The van der Waals surface area contributed by atoms with E-state index in [-0.39, 0.29) is 11.4 Å². The average Bonchev–Trinajstić information content (AvgIpc) is 2.91. The lowest BCUT2D eigenvalue weighted by Crippen LogP contribution is -2.18. The summed E-state index contributed by atoms with van der Waals surface area (Å²) < 4.78 is 10.9. The summed E-state index contributed by atoms with van der Waals surface area (Å²) in [6, 6.07) is 4.23. The number of ether oxygens (including phenoxy) is 2. The molecule has 0 saturated carbocycles. The van der Waals surface area contributed by atoms with Crippen LogP contribution >= 0.6 is 0 Å². The predicted octanol–water partition coefficient (Wildman–Crippen LogP) is 2.86. The third-order valence-electron chi connectivity index (χ3n) is 3.83. The van der Waals surface area contributed by atoms with Gasteiger partial charge in [0.05, 0.1) is 13.2 Å². The molecule has 3 rings (SSSR count). The maximum absolute atomic E-state index is 11.8. The van der Waals surface area contributed by atoms with E-state index in [4.69, 9.17) is 9.47 Å². The van der Waals surface area contributed by atoms with Gasteiger partial charge in [0.1, 0.15) is 5.75 Å². The van der Waals surface area contributed by atoms with Crippen molar-refractivity contribution in [3.8, 4) is 5.75 Å². The van der Waals surface area contributed by atoms with Gasteiger partial charge in [0, 0.05) is 28.5 Å². The van der Waals surface area contributed by atoms with Gasteiger partial charge >= 0.3 is 5.97 Å². The lowest BCUT2D eigenvalue weighted by atomic mass is 9.85. The van der Waals surface area contributed by atoms with Gasteiger partial charge in [-0.3, -0.25) is 0 Å². The van der Waals surface area contributed by atoms with E-state index < -0.39 is 0 Å². The molecule has 0 radical (unpaired) electrons. The molecule has 1 aliphatic carbocycles. The number of hydrogen-bond donors (Lipinski definition) is 0. The predicted molar refractivity (Wildman–Crippen MR) is 73.3 cm³/mol. The normalized spacial score (nSPS) is 18.4. The van der Waals surface area contributed by atoms with Crippen molar-refractivity contribution in [2.75, 3.05) is 13.2 Å². The van der Waals surface area contributed by atoms with Crippen LogP contribution in [0.3, 0.4) is 0 Å². The summed E-state index contributed by atoms with van der Waals surface area (Å²) in [5, 5.41) is 0. The Morgan fingerprint density at radius 1 is 1.42 bits per heavy atom. The summed E-state index contributed by atoms with van der Waals surface area (Å²) in [6.45, 7) is 7.28. The van der Waals surface area contributed by atoms with Crippen LogP contribution in [0.15, 0.2) is 17.7 Å². The molecule has 0 bridgehead atoms. The lowest BCUT2D eigenvalue weighted by Gasteiger charge is -2.15. The second-order valence-corrected chi connectivity index (χ2v) is 5.75. The standard InChI is InChI=1S/C16H18O3/c1-4-18-15(17)11-7-10-5-6-13-14(12(10)8-11)19-9-16(13,2)3/h5-6,8H,4,7,9H2,1-3H3. The average molecular weight is 258 g/mol. The van der Waals surface area contributed by atoms with Crippen molar-refractivity contribution in [1.82, 2.24) is 0 Å². The summed E-state index contributed by atoms with van der Waals surface area (Å²) in [5.41, 5.74) is 4.21. The van der Waals surface area contributed by atoms with E-state index in [1.165, 1.54) is 5.56 Å². The molecular formula is C16H18O3. The number of benzene rings is 1. The zero-order valence-electron chi connectivity index (χ0n) is 11.6. The van der Waals surface area contributed by atoms with Crippen LogP contribution in [-0.2, 0) is 21.4 Å². The van der Waals surface area contributed by atoms with Crippen molar-refractivity contribution in [2.24, 2.45) is 0 Å². The zero-order valence-corrected chi connectivity index (χ0v) is 11.6. The maximum Gasteiger partial charge on any atom is 0.334 e. The van der Waals surface area contributed by atoms with Gasteiger partial charge in [-0.05, 0) is 18.6 Å². The molecule has 3 heteroatoms. The van der Waals surface area contributed by atoms with Gasteiger partial charge in [-0.1, -0.05) is 26.0 Å². The Bertz CT molecular complexity index is 582. The second kappa shape index (κ2) is 4.12. The highest BCUT2D eigenvalue weighted by atomic mass is 16.5. The quantitative estimate of drug-likeness (QED) is 0.765. The molecule has 19 heavy (non-hydrogen) atoms. The van der Waals surface area contributed by atoms with E-state index in [0.717, 1.165) is 22.4 Å². The van der Waals surface area contributed by atoms with Crippen molar-refractivity contribution in [3.05, 3.63) is 34.4 Å². The number of carbonyl (C=O) groups excluding carboxylic acids is 1. The van der Waals surface area contributed by atoms with Crippen molar-refractivity contribution < 1.29 is 14.3 Å². The highest BCUT2D eigenvalue weighted by Gasteiger charge is 2.35. The van der Waals surface area contributed by atoms with Crippen molar-refractivity contribution >= 4 is 12.0 Å². The Balaban J connectivity index is 2.01. The fourth-order valence-corrected chi connectivity index (χ4v) is 2.76. The Morgan fingerprint density at radius 3 is 2.95 bits per heavy atom. The van der Waals surface area contributed by atoms with E-state index >= 15 is 0 Å². The van der Waals surface area contributed by atoms with E-state index in [0.29, 0.717) is 19.6 Å². The third-order valence-corrected chi connectivity index (χ3v) is 3.83. The summed E-state index contributed by atoms with van der Waals surface area (Å²) in [4.78, 5) is 11.8. The van der Waals surface area contributed by atoms with Crippen LogP contribution < -0.4 is 4.74 Å². The number of esters is 1. The minimum Gasteiger partial charge on any atom is -0.492 e. The molecule has 0 spiro atoms. The van der Waals surface area contributed by atoms with E-state index in [1.807, 2.05) is 13.0 Å². The van der Waals surface area contributed by atoms with Gasteiger partial charge < -0.3 is 9.47 Å². The molecule has 100 valence electrons. The van der Waals surface area contributed by atoms with Crippen molar-refractivity contribution in [2.45, 2.75) is 32.6 Å². The molecule has 1 aromatic carbocycles. The van der Waals surface area contributed by atoms with Crippen LogP contribution in [-0.4, -0.2) is 19.2 Å². The highest BCUT2D eigenvalue weighted by molar-refractivity contribution is 5.97. The molecule has 0 N–H and O–H groups in total. The molecule has 0 amide bonds. The maximum atomic E-state index is 11.8. The molecule has 0 atom stereocenters. The van der Waals surface area contributed by atoms with E-state index in [1.54, 1.807) is 0 Å². The van der Waals surface area contributed by atoms with Crippen molar-refractivity contribution in [1.29, 1.82) is 0 Å². The first kappa shape index (κ1) is 12.3. The Hall–Kier alpha value is -1.77. The van der Waals surface area contributed by atoms with Crippen LogP contribution in [0.25, 0.3) is 6.08 Å². The largest absolute Gasteiger partial charge is 0.492 e. The first-order valence-corrected chi connectivity index (χ1v) is 6.70. The number of carbonyl (C=O) groups is 1. The summed E-state index contributed by atoms with van der Waals surface area (Å²) >= 11 is 0. The third kappa shape index (κ3) is 1.84. The molecule has 1 aliphatic heterocycles. The minimum absolute atomic E-state index is 0.0465. The van der Waals surface area contributed by atoms with Crippen LogP contribution in [0, 0.1) is 0 Å². The van der Waals surface area contributed by atoms with Crippen LogP contribution in [0.5, 0.6) is 5.75 Å². The van der Waals surface area contributed by atoms with Crippen LogP contribution in [0.4, 0.5) is 0 Å². The number of rotatable bonds is 2.